The molecule has 4 rings (SSSR count). The van der Waals surface area contributed by atoms with Crippen LogP contribution in [0.2, 0.25) is 0 Å². The van der Waals surface area contributed by atoms with Gasteiger partial charge in [0.05, 0.1) is 17.3 Å². The Morgan fingerprint density at radius 1 is 1.30 bits per heavy atom. The highest BCUT2D eigenvalue weighted by Crippen LogP contribution is 2.62. The average molecular weight is 318 g/mol. The van der Waals surface area contributed by atoms with Gasteiger partial charge < -0.3 is 9.84 Å². The third-order valence-electron chi connectivity index (χ3n) is 7.68. The van der Waals surface area contributed by atoms with Gasteiger partial charge in [-0.25, -0.2) is 0 Å². The molecule has 1 aliphatic heterocycles. The first kappa shape index (κ1) is 15.8. The first-order valence-electron chi connectivity index (χ1n) is 9.26. The summed E-state index contributed by atoms with van der Waals surface area (Å²) in [5, 5.41) is 10.9. The lowest BCUT2D eigenvalue weighted by atomic mass is 9.66. The van der Waals surface area contributed by atoms with E-state index >= 15 is 0 Å². The number of carbonyl (C=O) groups is 1. The van der Waals surface area contributed by atoms with Crippen molar-refractivity contribution in [1.82, 2.24) is 0 Å². The molecule has 0 aromatic carbocycles. The van der Waals surface area contributed by atoms with Crippen molar-refractivity contribution in [3.63, 3.8) is 0 Å². The number of ether oxygens (including phenoxy) is 1. The molecule has 3 nitrogen and oxygen atoms in total. The maximum Gasteiger partial charge on any atom is 0.143 e. The maximum atomic E-state index is 12.9. The molecule has 128 valence electrons. The second kappa shape index (κ2) is 4.49. The second-order valence-electron chi connectivity index (χ2n) is 9.42. The molecular weight excluding hydrogens is 288 g/mol. The lowest BCUT2D eigenvalue weighted by Gasteiger charge is -2.37. The van der Waals surface area contributed by atoms with Crippen LogP contribution in [0.5, 0.6) is 0 Å². The minimum Gasteiger partial charge on any atom is -0.386 e. The Morgan fingerprint density at radius 3 is 2.65 bits per heavy atom. The number of hydrogen-bond donors (Lipinski definition) is 1. The van der Waals surface area contributed by atoms with Gasteiger partial charge >= 0.3 is 0 Å². The number of ketones is 1. The topological polar surface area (TPSA) is 49.8 Å². The quantitative estimate of drug-likeness (QED) is 0.594. The third kappa shape index (κ3) is 1.99. The Morgan fingerprint density at radius 2 is 2.00 bits per heavy atom. The number of epoxide rings is 1. The van der Waals surface area contributed by atoms with Crippen LogP contribution in [0.25, 0.3) is 0 Å². The van der Waals surface area contributed by atoms with Crippen LogP contribution < -0.4 is 0 Å². The molecule has 2 unspecified atom stereocenters. The normalized spacial score (nSPS) is 57.2. The van der Waals surface area contributed by atoms with Gasteiger partial charge in [-0.2, -0.15) is 0 Å². The number of carbonyl (C=O) groups excluding carboxylic acids is 1. The van der Waals surface area contributed by atoms with E-state index in [-0.39, 0.29) is 17.6 Å². The molecule has 0 spiro atoms. The van der Waals surface area contributed by atoms with Crippen molar-refractivity contribution >= 4 is 5.78 Å². The van der Waals surface area contributed by atoms with Crippen LogP contribution in [-0.2, 0) is 9.53 Å². The second-order valence-corrected chi connectivity index (χ2v) is 9.42. The van der Waals surface area contributed by atoms with Crippen molar-refractivity contribution in [3.05, 3.63) is 11.6 Å². The van der Waals surface area contributed by atoms with Gasteiger partial charge in [0.15, 0.2) is 0 Å². The minimum atomic E-state index is -0.786. The van der Waals surface area contributed by atoms with Crippen molar-refractivity contribution < 1.29 is 14.6 Å². The van der Waals surface area contributed by atoms with E-state index in [4.69, 9.17) is 4.74 Å². The summed E-state index contributed by atoms with van der Waals surface area (Å²) in [6.07, 6.45) is 5.85. The largest absolute Gasteiger partial charge is 0.386 e. The molecule has 2 saturated carbocycles. The zero-order valence-electron chi connectivity index (χ0n) is 15.1. The molecule has 3 aliphatic carbocycles. The Hall–Kier alpha value is -0.670. The van der Waals surface area contributed by atoms with Crippen molar-refractivity contribution in [1.29, 1.82) is 0 Å². The summed E-state index contributed by atoms with van der Waals surface area (Å²) in [5.41, 5.74) is -0.261. The van der Waals surface area contributed by atoms with Crippen LogP contribution in [0.1, 0.15) is 60.3 Å². The van der Waals surface area contributed by atoms with Gasteiger partial charge in [0.2, 0.25) is 0 Å². The van der Waals surface area contributed by atoms with E-state index in [0.29, 0.717) is 30.0 Å². The molecular formula is C20H30O3. The SMILES string of the molecule is CC(C)[C@@H]1CC(=O)[C@@]2(C)/C=C3\C(CC[C@@]3(C)O)[C@]3(C)O[C@@H]3CC12. The van der Waals surface area contributed by atoms with Crippen LogP contribution in [-0.4, -0.2) is 28.2 Å². The molecule has 0 radical (unpaired) electrons. The summed E-state index contributed by atoms with van der Waals surface area (Å²) in [6.45, 7) is 10.7. The Balaban J connectivity index is 1.85. The van der Waals surface area contributed by atoms with Crippen LogP contribution in [0, 0.1) is 29.1 Å². The highest BCUT2D eigenvalue weighted by molar-refractivity contribution is 5.89. The monoisotopic (exact) mass is 318 g/mol. The minimum absolute atomic E-state index is 0.124. The predicted molar refractivity (Wildman–Crippen MR) is 88.9 cm³/mol. The summed E-state index contributed by atoms with van der Waals surface area (Å²) >= 11 is 0. The van der Waals surface area contributed by atoms with Gasteiger partial charge in [-0.15, -0.1) is 0 Å². The van der Waals surface area contributed by atoms with E-state index < -0.39 is 11.0 Å². The first-order chi connectivity index (χ1) is 10.6. The predicted octanol–water partition coefficient (Wildman–Crippen LogP) is 3.50. The van der Waals surface area contributed by atoms with Crippen molar-refractivity contribution in [2.24, 2.45) is 29.1 Å². The first-order valence-corrected chi connectivity index (χ1v) is 9.26. The van der Waals surface area contributed by atoms with Crippen molar-refractivity contribution in [3.8, 4) is 0 Å². The third-order valence-corrected chi connectivity index (χ3v) is 7.68. The summed E-state index contributed by atoms with van der Waals surface area (Å²) < 4.78 is 6.19. The number of fused-ring (bicyclic) bond motifs is 4. The molecule has 3 heteroatoms. The number of allylic oxidation sites excluding steroid dienone is 1. The van der Waals surface area contributed by atoms with Crippen molar-refractivity contribution in [2.45, 2.75) is 77.6 Å². The fraction of sp³-hybridized carbons (Fsp3) is 0.850. The van der Waals surface area contributed by atoms with E-state index in [2.05, 4.69) is 33.8 Å². The lowest BCUT2D eigenvalue weighted by Crippen LogP contribution is -2.38. The van der Waals surface area contributed by atoms with E-state index in [1.807, 2.05) is 6.92 Å². The summed E-state index contributed by atoms with van der Waals surface area (Å²) in [7, 11) is 0. The molecule has 0 aromatic rings. The summed E-state index contributed by atoms with van der Waals surface area (Å²) in [5.74, 6) is 1.91. The zero-order chi connectivity index (χ0) is 16.8. The molecule has 23 heavy (non-hydrogen) atoms. The van der Waals surface area contributed by atoms with Crippen molar-refractivity contribution in [2.75, 3.05) is 0 Å². The van der Waals surface area contributed by atoms with E-state index in [1.54, 1.807) is 0 Å². The van der Waals surface area contributed by atoms with E-state index in [0.717, 1.165) is 24.8 Å². The Labute approximate surface area is 139 Å². The molecule has 3 fully saturated rings. The number of aliphatic hydroxyl groups is 1. The number of rotatable bonds is 1. The van der Waals surface area contributed by atoms with Gasteiger partial charge in [-0.3, -0.25) is 4.79 Å². The molecule has 0 amide bonds. The van der Waals surface area contributed by atoms with Crippen LogP contribution in [0.4, 0.5) is 0 Å². The molecule has 7 atom stereocenters. The Bertz CT molecular complexity index is 590. The number of hydrogen-bond acceptors (Lipinski definition) is 3. The maximum absolute atomic E-state index is 12.9. The fourth-order valence-electron chi connectivity index (χ4n) is 5.90. The molecule has 1 heterocycles. The van der Waals surface area contributed by atoms with Gasteiger partial charge in [-0.05, 0) is 63.4 Å². The number of Topliss-reactive ketones (excluding diaryl/α,β-unsaturated/α-hetero) is 1. The van der Waals surface area contributed by atoms with Gasteiger partial charge in [0, 0.05) is 17.8 Å². The molecule has 4 aliphatic rings. The molecule has 1 saturated heterocycles. The van der Waals surface area contributed by atoms with Crippen LogP contribution >= 0.6 is 0 Å². The highest BCUT2D eigenvalue weighted by atomic mass is 16.6. The van der Waals surface area contributed by atoms with Gasteiger partial charge in [0.1, 0.15) is 5.78 Å². The zero-order valence-corrected chi connectivity index (χ0v) is 15.1. The van der Waals surface area contributed by atoms with E-state index in [1.165, 1.54) is 0 Å². The summed E-state index contributed by atoms with van der Waals surface area (Å²) in [4.78, 5) is 12.9. The Kier molecular flexibility index (Phi) is 3.09. The smallest absolute Gasteiger partial charge is 0.143 e. The molecule has 1 N–H and O–H groups in total. The standard InChI is InChI=1S/C20H30O3/c1-11(2)12-8-16(21)18(3)10-15-13(6-7-19(15,4)22)20(5)17(23-20)9-14(12)18/h10-14,17,22H,6-9H2,1-5H3/b15-10+/t12-,13?,14?,17+,18-,19+,20-/m0/s1. The van der Waals surface area contributed by atoms with Crippen LogP contribution in [0.3, 0.4) is 0 Å². The lowest BCUT2D eigenvalue weighted by molar-refractivity contribution is -0.124. The highest BCUT2D eigenvalue weighted by Gasteiger charge is 2.66. The average Bonchev–Trinajstić information content (AvgIpc) is 2.88. The van der Waals surface area contributed by atoms with Gasteiger partial charge in [-0.1, -0.05) is 19.9 Å². The van der Waals surface area contributed by atoms with E-state index in [9.17, 15) is 9.90 Å². The fourth-order valence-corrected chi connectivity index (χ4v) is 5.90. The molecule has 0 aromatic heterocycles. The van der Waals surface area contributed by atoms with Gasteiger partial charge in [0.25, 0.3) is 0 Å². The van der Waals surface area contributed by atoms with Crippen LogP contribution in [0.15, 0.2) is 11.6 Å². The molecule has 0 bridgehead atoms. The summed E-state index contributed by atoms with van der Waals surface area (Å²) in [6, 6.07) is 0.